The monoisotopic (exact) mass is 231 g/mol. The molecule has 16 heavy (non-hydrogen) atoms. The molecule has 0 heterocycles. The molecule has 0 saturated heterocycles. The van der Waals surface area contributed by atoms with Gasteiger partial charge in [-0.1, -0.05) is 6.92 Å². The molecule has 0 rings (SSSR count). The predicted molar refractivity (Wildman–Crippen MR) is 60.2 cm³/mol. The molecular formula is C11H21NO4. The molecular weight excluding hydrogens is 210 g/mol. The number of carboxylic acid groups (broad SMARTS) is 1. The third-order valence-electron chi connectivity index (χ3n) is 2.09. The number of hydrogen-bond donors (Lipinski definition) is 2. The summed E-state index contributed by atoms with van der Waals surface area (Å²) in [7, 11) is 0. The summed E-state index contributed by atoms with van der Waals surface area (Å²) in [6, 6.07) is -0.231. The van der Waals surface area contributed by atoms with Crippen molar-refractivity contribution in [2.24, 2.45) is 5.92 Å². The van der Waals surface area contributed by atoms with E-state index in [-0.39, 0.29) is 18.4 Å². The van der Waals surface area contributed by atoms with Gasteiger partial charge in [-0.2, -0.15) is 0 Å². The van der Waals surface area contributed by atoms with Gasteiger partial charge in [0.05, 0.1) is 0 Å². The van der Waals surface area contributed by atoms with Crippen LogP contribution < -0.4 is 5.32 Å². The van der Waals surface area contributed by atoms with Crippen LogP contribution in [-0.2, 0) is 9.53 Å². The number of ether oxygens (including phenoxy) is 1. The van der Waals surface area contributed by atoms with E-state index in [1.807, 2.05) is 0 Å². The summed E-state index contributed by atoms with van der Waals surface area (Å²) in [5, 5.41) is 11.2. The van der Waals surface area contributed by atoms with E-state index in [0.29, 0.717) is 0 Å². The van der Waals surface area contributed by atoms with Crippen LogP contribution in [0.25, 0.3) is 0 Å². The molecule has 0 aromatic rings. The molecule has 0 aromatic heterocycles. The van der Waals surface area contributed by atoms with Crippen LogP contribution >= 0.6 is 0 Å². The predicted octanol–water partition coefficient (Wildman–Crippen LogP) is 2.01. The van der Waals surface area contributed by atoms with Gasteiger partial charge in [0.2, 0.25) is 0 Å². The van der Waals surface area contributed by atoms with Crippen molar-refractivity contribution in [3.05, 3.63) is 0 Å². The quantitative estimate of drug-likeness (QED) is 0.776. The Hall–Kier alpha value is -1.26. The van der Waals surface area contributed by atoms with E-state index in [2.05, 4.69) is 5.32 Å². The van der Waals surface area contributed by atoms with E-state index in [9.17, 15) is 9.59 Å². The van der Waals surface area contributed by atoms with Gasteiger partial charge in [0.25, 0.3) is 0 Å². The van der Waals surface area contributed by atoms with Crippen molar-refractivity contribution in [1.29, 1.82) is 0 Å². The summed E-state index contributed by atoms with van der Waals surface area (Å²) in [5.41, 5.74) is -0.542. The van der Waals surface area contributed by atoms with Gasteiger partial charge in [-0.3, -0.25) is 4.79 Å². The van der Waals surface area contributed by atoms with Crippen molar-refractivity contribution in [2.75, 3.05) is 0 Å². The Labute approximate surface area is 96.2 Å². The Balaban J connectivity index is 4.09. The normalized spacial score (nSPS) is 15.1. The lowest BCUT2D eigenvalue weighted by molar-refractivity contribution is -0.138. The summed E-state index contributed by atoms with van der Waals surface area (Å²) >= 11 is 0. The second-order valence-corrected chi connectivity index (χ2v) is 5.01. The van der Waals surface area contributed by atoms with E-state index in [0.717, 1.165) is 0 Å². The van der Waals surface area contributed by atoms with Crippen LogP contribution in [0.1, 0.15) is 41.0 Å². The van der Waals surface area contributed by atoms with Gasteiger partial charge in [-0.15, -0.1) is 0 Å². The molecule has 0 fully saturated rings. The van der Waals surface area contributed by atoms with Crippen molar-refractivity contribution in [3.8, 4) is 0 Å². The SMILES string of the molecule is CC(CC(=O)O)C(C)NC(=O)OC(C)(C)C. The van der Waals surface area contributed by atoms with E-state index in [4.69, 9.17) is 9.84 Å². The number of rotatable bonds is 4. The number of nitrogens with one attached hydrogen (secondary N) is 1. The third kappa shape index (κ3) is 7.09. The lowest BCUT2D eigenvalue weighted by Crippen LogP contribution is -2.41. The Morgan fingerprint density at radius 1 is 1.31 bits per heavy atom. The average Bonchev–Trinajstić information content (AvgIpc) is 1.98. The zero-order valence-corrected chi connectivity index (χ0v) is 10.5. The van der Waals surface area contributed by atoms with Crippen LogP contribution in [0.3, 0.4) is 0 Å². The lowest BCUT2D eigenvalue weighted by Gasteiger charge is -2.24. The fraction of sp³-hybridized carbons (Fsp3) is 0.818. The minimum absolute atomic E-state index is 0.0248. The maximum absolute atomic E-state index is 11.4. The van der Waals surface area contributed by atoms with Crippen LogP contribution in [0.15, 0.2) is 0 Å². The molecule has 0 aliphatic rings. The molecule has 1 amide bonds. The molecule has 0 radical (unpaired) electrons. The number of carboxylic acids is 1. The molecule has 0 aliphatic carbocycles. The largest absolute Gasteiger partial charge is 0.481 e. The molecule has 0 bridgehead atoms. The van der Waals surface area contributed by atoms with E-state index in [1.54, 1.807) is 34.6 Å². The smallest absolute Gasteiger partial charge is 0.407 e. The van der Waals surface area contributed by atoms with E-state index >= 15 is 0 Å². The van der Waals surface area contributed by atoms with Gasteiger partial charge in [0.1, 0.15) is 5.60 Å². The van der Waals surface area contributed by atoms with E-state index < -0.39 is 17.7 Å². The zero-order valence-electron chi connectivity index (χ0n) is 10.5. The van der Waals surface area contributed by atoms with Gasteiger partial charge in [0.15, 0.2) is 0 Å². The molecule has 5 nitrogen and oxygen atoms in total. The Bertz CT molecular complexity index is 257. The molecule has 0 spiro atoms. The summed E-state index contributed by atoms with van der Waals surface area (Å²) in [4.78, 5) is 21.9. The summed E-state index contributed by atoms with van der Waals surface area (Å²) in [6.45, 7) is 8.86. The number of hydrogen-bond acceptors (Lipinski definition) is 3. The minimum Gasteiger partial charge on any atom is -0.481 e. The molecule has 0 aliphatic heterocycles. The Kier molecular flexibility index (Phi) is 5.27. The number of aliphatic carboxylic acids is 1. The highest BCUT2D eigenvalue weighted by atomic mass is 16.6. The van der Waals surface area contributed by atoms with E-state index in [1.165, 1.54) is 0 Å². The summed E-state index contributed by atoms with van der Waals surface area (Å²) in [5.74, 6) is -1.00. The van der Waals surface area contributed by atoms with Gasteiger partial charge in [-0.25, -0.2) is 4.79 Å². The maximum atomic E-state index is 11.4. The van der Waals surface area contributed by atoms with Gasteiger partial charge in [-0.05, 0) is 33.6 Å². The average molecular weight is 231 g/mol. The molecule has 2 unspecified atom stereocenters. The first-order valence-corrected chi connectivity index (χ1v) is 5.33. The lowest BCUT2D eigenvalue weighted by atomic mass is 10.0. The number of amides is 1. The van der Waals surface area contributed by atoms with Crippen molar-refractivity contribution in [2.45, 2.75) is 52.7 Å². The van der Waals surface area contributed by atoms with Crippen molar-refractivity contribution >= 4 is 12.1 Å². The first-order valence-electron chi connectivity index (χ1n) is 5.33. The zero-order chi connectivity index (χ0) is 12.9. The highest BCUT2D eigenvalue weighted by molar-refractivity contribution is 5.69. The van der Waals surface area contributed by atoms with Gasteiger partial charge >= 0.3 is 12.1 Å². The number of carbonyl (C=O) groups is 2. The third-order valence-corrected chi connectivity index (χ3v) is 2.09. The molecule has 2 N–H and O–H groups in total. The topological polar surface area (TPSA) is 75.6 Å². The second kappa shape index (κ2) is 5.72. The molecule has 2 atom stereocenters. The first-order chi connectivity index (χ1) is 7.11. The van der Waals surface area contributed by atoms with Crippen molar-refractivity contribution in [3.63, 3.8) is 0 Å². The van der Waals surface area contributed by atoms with Gasteiger partial charge < -0.3 is 15.2 Å². The highest BCUT2D eigenvalue weighted by Crippen LogP contribution is 2.10. The maximum Gasteiger partial charge on any atom is 0.407 e. The van der Waals surface area contributed by atoms with Crippen molar-refractivity contribution < 1.29 is 19.4 Å². The van der Waals surface area contributed by atoms with Crippen molar-refractivity contribution in [1.82, 2.24) is 5.32 Å². The highest BCUT2D eigenvalue weighted by Gasteiger charge is 2.21. The summed E-state index contributed by atoms with van der Waals surface area (Å²) in [6.07, 6.45) is -0.492. The molecule has 0 aromatic carbocycles. The van der Waals surface area contributed by atoms with Crippen LogP contribution in [0.2, 0.25) is 0 Å². The minimum atomic E-state index is -0.870. The fourth-order valence-electron chi connectivity index (χ4n) is 1.09. The molecule has 5 heteroatoms. The van der Waals surface area contributed by atoms with Crippen LogP contribution in [-0.4, -0.2) is 28.8 Å². The van der Waals surface area contributed by atoms with Gasteiger partial charge in [0, 0.05) is 12.5 Å². The molecule has 0 saturated carbocycles. The van der Waals surface area contributed by atoms with Crippen LogP contribution in [0.4, 0.5) is 4.79 Å². The second-order valence-electron chi connectivity index (χ2n) is 5.01. The fourth-order valence-corrected chi connectivity index (χ4v) is 1.09. The number of alkyl carbamates (subject to hydrolysis) is 1. The van der Waals surface area contributed by atoms with Crippen LogP contribution in [0.5, 0.6) is 0 Å². The van der Waals surface area contributed by atoms with Crippen LogP contribution in [0, 0.1) is 5.92 Å². The Morgan fingerprint density at radius 3 is 2.19 bits per heavy atom. The summed E-state index contributed by atoms with van der Waals surface area (Å²) < 4.78 is 5.07. The standard InChI is InChI=1S/C11H21NO4/c1-7(6-9(13)14)8(2)12-10(15)16-11(3,4)5/h7-8H,6H2,1-5H3,(H,12,15)(H,13,14). The Morgan fingerprint density at radius 2 is 1.81 bits per heavy atom. The number of carbonyl (C=O) groups excluding carboxylic acids is 1. The first kappa shape index (κ1) is 14.7. The molecule has 94 valence electrons.